The molecule has 1 N–H and O–H groups in total. The molecule has 0 amide bonds. The number of hydrogen-bond acceptors (Lipinski definition) is 2. The minimum atomic E-state index is 0.248. The van der Waals surface area contributed by atoms with Crippen molar-refractivity contribution in [1.82, 2.24) is 10.2 Å². The fraction of sp³-hybridized carbons (Fsp3) is 0.667. The molecule has 0 radical (unpaired) electrons. The molecular weight excluding hydrogens is 244 g/mol. The van der Waals surface area contributed by atoms with Crippen molar-refractivity contribution in [1.29, 1.82) is 0 Å². The highest BCUT2D eigenvalue weighted by Crippen LogP contribution is 2.33. The van der Waals surface area contributed by atoms with Crippen molar-refractivity contribution in [2.45, 2.75) is 39.2 Å². The zero-order valence-corrected chi connectivity index (χ0v) is 13.3. The SMILES string of the molecule is CC(c1ccc(C(C)(C)C)cc1)N1C[C@H]2CNC[C@H]2C1. The summed E-state index contributed by atoms with van der Waals surface area (Å²) in [4.78, 5) is 2.67. The molecule has 2 aliphatic heterocycles. The Labute approximate surface area is 123 Å². The number of fused-ring (bicyclic) bond motifs is 1. The Morgan fingerprint density at radius 1 is 1.05 bits per heavy atom. The molecule has 2 nitrogen and oxygen atoms in total. The second-order valence-electron chi connectivity index (χ2n) is 7.68. The first-order valence-corrected chi connectivity index (χ1v) is 8.00. The maximum Gasteiger partial charge on any atom is 0.0320 e. The monoisotopic (exact) mass is 272 g/mol. The second kappa shape index (κ2) is 5.16. The van der Waals surface area contributed by atoms with E-state index in [1.54, 1.807) is 0 Å². The molecule has 2 heterocycles. The van der Waals surface area contributed by atoms with Crippen LogP contribution in [0.3, 0.4) is 0 Å². The molecule has 0 saturated carbocycles. The van der Waals surface area contributed by atoms with Crippen LogP contribution in [0.1, 0.15) is 44.9 Å². The Morgan fingerprint density at radius 2 is 1.60 bits per heavy atom. The summed E-state index contributed by atoms with van der Waals surface area (Å²) < 4.78 is 0. The van der Waals surface area contributed by atoms with E-state index in [2.05, 4.69) is 62.2 Å². The Kier molecular flexibility index (Phi) is 3.64. The third-order valence-corrected chi connectivity index (χ3v) is 5.22. The van der Waals surface area contributed by atoms with E-state index in [0.717, 1.165) is 11.8 Å². The molecule has 2 fully saturated rings. The number of rotatable bonds is 2. The third kappa shape index (κ3) is 2.64. The number of nitrogens with zero attached hydrogens (tertiary/aromatic N) is 1. The van der Waals surface area contributed by atoms with Gasteiger partial charge in [0.25, 0.3) is 0 Å². The Morgan fingerprint density at radius 3 is 2.10 bits per heavy atom. The van der Waals surface area contributed by atoms with Gasteiger partial charge in [0.1, 0.15) is 0 Å². The maximum atomic E-state index is 3.52. The highest BCUT2D eigenvalue weighted by atomic mass is 15.2. The molecule has 0 aliphatic carbocycles. The summed E-state index contributed by atoms with van der Waals surface area (Å²) in [6.07, 6.45) is 0. The van der Waals surface area contributed by atoms with Crippen LogP contribution in [0.4, 0.5) is 0 Å². The lowest BCUT2D eigenvalue weighted by Crippen LogP contribution is -2.28. The van der Waals surface area contributed by atoms with Gasteiger partial charge in [-0.2, -0.15) is 0 Å². The van der Waals surface area contributed by atoms with Crippen molar-refractivity contribution in [2.24, 2.45) is 11.8 Å². The molecule has 0 spiro atoms. The third-order valence-electron chi connectivity index (χ3n) is 5.22. The molecule has 3 rings (SSSR count). The molecule has 20 heavy (non-hydrogen) atoms. The van der Waals surface area contributed by atoms with Gasteiger partial charge in [-0.3, -0.25) is 4.90 Å². The van der Waals surface area contributed by atoms with Crippen molar-refractivity contribution in [2.75, 3.05) is 26.2 Å². The van der Waals surface area contributed by atoms with Gasteiger partial charge in [-0.15, -0.1) is 0 Å². The van der Waals surface area contributed by atoms with Crippen LogP contribution in [0.15, 0.2) is 24.3 Å². The molecule has 2 saturated heterocycles. The highest BCUT2D eigenvalue weighted by Gasteiger charge is 2.37. The van der Waals surface area contributed by atoms with Crippen LogP contribution in [-0.4, -0.2) is 31.1 Å². The quantitative estimate of drug-likeness (QED) is 0.889. The lowest BCUT2D eigenvalue weighted by molar-refractivity contribution is 0.244. The average molecular weight is 272 g/mol. The van der Waals surface area contributed by atoms with Gasteiger partial charge in [0, 0.05) is 19.1 Å². The summed E-state index contributed by atoms with van der Waals surface area (Å²) in [5.41, 5.74) is 3.14. The fourth-order valence-corrected chi connectivity index (χ4v) is 3.68. The summed E-state index contributed by atoms with van der Waals surface area (Å²) in [7, 11) is 0. The van der Waals surface area contributed by atoms with E-state index in [4.69, 9.17) is 0 Å². The van der Waals surface area contributed by atoms with Gasteiger partial charge in [0.2, 0.25) is 0 Å². The summed E-state index contributed by atoms with van der Waals surface area (Å²) in [6.45, 7) is 14.2. The van der Waals surface area contributed by atoms with E-state index in [1.165, 1.54) is 37.3 Å². The van der Waals surface area contributed by atoms with Crippen molar-refractivity contribution in [3.8, 4) is 0 Å². The first-order valence-electron chi connectivity index (χ1n) is 8.00. The Hall–Kier alpha value is -0.860. The lowest BCUT2D eigenvalue weighted by atomic mass is 9.86. The van der Waals surface area contributed by atoms with E-state index >= 15 is 0 Å². The van der Waals surface area contributed by atoms with Crippen LogP contribution in [0.5, 0.6) is 0 Å². The van der Waals surface area contributed by atoms with E-state index in [0.29, 0.717) is 6.04 Å². The zero-order valence-electron chi connectivity index (χ0n) is 13.3. The molecule has 1 aromatic carbocycles. The molecule has 3 atom stereocenters. The maximum absolute atomic E-state index is 3.52. The standard InChI is InChI=1S/C18H28N2/c1-13(20-11-15-9-19-10-16(15)12-20)14-5-7-17(8-6-14)18(2,3)4/h5-8,13,15-16,19H,9-12H2,1-4H3/t13?,15-,16+. The predicted octanol–water partition coefficient (Wildman–Crippen LogP) is 3.20. The van der Waals surface area contributed by atoms with Gasteiger partial charge in [-0.25, -0.2) is 0 Å². The minimum absolute atomic E-state index is 0.248. The van der Waals surface area contributed by atoms with E-state index in [9.17, 15) is 0 Å². The normalized spacial score (nSPS) is 28.6. The van der Waals surface area contributed by atoms with Gasteiger partial charge in [-0.05, 0) is 48.4 Å². The summed E-state index contributed by atoms with van der Waals surface area (Å²) in [5, 5.41) is 3.52. The van der Waals surface area contributed by atoms with Gasteiger partial charge in [0.15, 0.2) is 0 Å². The molecular formula is C18H28N2. The topological polar surface area (TPSA) is 15.3 Å². The van der Waals surface area contributed by atoms with Gasteiger partial charge in [-0.1, -0.05) is 45.0 Å². The van der Waals surface area contributed by atoms with Crippen LogP contribution in [-0.2, 0) is 5.41 Å². The minimum Gasteiger partial charge on any atom is -0.316 e. The largest absolute Gasteiger partial charge is 0.316 e. The summed E-state index contributed by atoms with van der Waals surface area (Å²) in [6, 6.07) is 9.83. The summed E-state index contributed by atoms with van der Waals surface area (Å²) in [5.74, 6) is 1.76. The predicted molar refractivity (Wildman–Crippen MR) is 85.0 cm³/mol. The van der Waals surface area contributed by atoms with E-state index < -0.39 is 0 Å². The molecule has 2 heteroatoms. The van der Waals surface area contributed by atoms with Crippen LogP contribution in [0, 0.1) is 11.8 Å². The van der Waals surface area contributed by atoms with Crippen molar-refractivity contribution < 1.29 is 0 Å². The van der Waals surface area contributed by atoms with E-state index in [1.807, 2.05) is 0 Å². The molecule has 0 bridgehead atoms. The number of benzene rings is 1. The number of likely N-dealkylation sites (tertiary alicyclic amines) is 1. The van der Waals surface area contributed by atoms with Crippen LogP contribution in [0.2, 0.25) is 0 Å². The van der Waals surface area contributed by atoms with Gasteiger partial charge >= 0.3 is 0 Å². The first-order chi connectivity index (χ1) is 9.45. The number of hydrogen-bond donors (Lipinski definition) is 1. The van der Waals surface area contributed by atoms with Crippen molar-refractivity contribution in [3.05, 3.63) is 35.4 Å². The lowest BCUT2D eigenvalue weighted by Gasteiger charge is -2.26. The van der Waals surface area contributed by atoms with Crippen molar-refractivity contribution in [3.63, 3.8) is 0 Å². The molecule has 0 aromatic heterocycles. The van der Waals surface area contributed by atoms with Gasteiger partial charge in [0.05, 0.1) is 0 Å². The van der Waals surface area contributed by atoms with Crippen LogP contribution < -0.4 is 5.32 Å². The molecule has 1 unspecified atom stereocenters. The first kappa shape index (κ1) is 14.1. The smallest absolute Gasteiger partial charge is 0.0320 e. The fourth-order valence-electron chi connectivity index (χ4n) is 3.68. The van der Waals surface area contributed by atoms with Crippen LogP contribution in [0.25, 0.3) is 0 Å². The summed E-state index contributed by atoms with van der Waals surface area (Å²) >= 11 is 0. The van der Waals surface area contributed by atoms with Crippen molar-refractivity contribution >= 4 is 0 Å². The second-order valence-corrected chi connectivity index (χ2v) is 7.68. The zero-order chi connectivity index (χ0) is 14.3. The average Bonchev–Trinajstić information content (AvgIpc) is 2.97. The Balaban J connectivity index is 1.70. The number of nitrogens with one attached hydrogen (secondary N) is 1. The van der Waals surface area contributed by atoms with E-state index in [-0.39, 0.29) is 5.41 Å². The molecule has 110 valence electrons. The Bertz CT molecular complexity index is 445. The highest BCUT2D eigenvalue weighted by molar-refractivity contribution is 5.29. The van der Waals surface area contributed by atoms with Crippen LogP contribution >= 0.6 is 0 Å². The molecule has 2 aliphatic rings. The van der Waals surface area contributed by atoms with Gasteiger partial charge < -0.3 is 5.32 Å². The molecule has 1 aromatic rings.